The number of aromatic carboxylic acids is 1. The molecule has 0 spiro atoms. The van der Waals surface area contributed by atoms with Crippen molar-refractivity contribution in [3.8, 4) is 0 Å². The van der Waals surface area contributed by atoms with Gasteiger partial charge >= 0.3 is 11.9 Å². The fraction of sp³-hybridized carbons (Fsp3) is 0.619. The van der Waals surface area contributed by atoms with Gasteiger partial charge in [0, 0.05) is 14.5 Å². The van der Waals surface area contributed by atoms with E-state index in [1.54, 1.807) is 0 Å². The summed E-state index contributed by atoms with van der Waals surface area (Å²) in [5.74, 6) is -1.10. The summed E-state index contributed by atoms with van der Waals surface area (Å²) in [5, 5.41) is 9.57. The van der Waals surface area contributed by atoms with Crippen molar-refractivity contribution in [2.24, 2.45) is 0 Å². The van der Waals surface area contributed by atoms with Gasteiger partial charge in [-0.05, 0) is 69.7 Å². The second-order valence-corrected chi connectivity index (χ2v) is 14.9. The Kier molecular flexibility index (Phi) is 7.22. The molecular weight excluding hydrogens is 344 g/mol. The Morgan fingerprint density at radius 1 is 1.12 bits per heavy atom. The summed E-state index contributed by atoms with van der Waals surface area (Å²) in [5.41, 5.74) is 3.68. The second kappa shape index (κ2) is 8.38. The number of rotatable bonds is 7. The van der Waals surface area contributed by atoms with Crippen LogP contribution in [0.15, 0.2) is 6.07 Å². The highest BCUT2D eigenvalue weighted by Gasteiger charge is 2.22. The molecule has 1 aromatic rings. The van der Waals surface area contributed by atoms with E-state index in [9.17, 15) is 14.7 Å². The number of benzene rings is 1. The zero-order chi connectivity index (χ0) is 20.3. The van der Waals surface area contributed by atoms with Crippen molar-refractivity contribution in [3.05, 3.63) is 33.9 Å². The Labute approximate surface area is 159 Å². The van der Waals surface area contributed by atoms with Gasteiger partial charge < -0.3 is 9.84 Å². The van der Waals surface area contributed by atoms with Crippen molar-refractivity contribution in [2.75, 3.05) is 0 Å². The molecule has 1 N–H and O–H groups in total. The second-order valence-electron chi connectivity index (χ2n) is 9.28. The molecule has 0 aromatic heterocycles. The number of carboxylic acid groups (broad SMARTS) is 1. The summed E-state index contributed by atoms with van der Waals surface area (Å²) in [7, 11) is -1.26. The van der Waals surface area contributed by atoms with Crippen LogP contribution in [0, 0.1) is 13.8 Å². The molecule has 0 radical (unpaired) electrons. The molecule has 0 atom stereocenters. The summed E-state index contributed by atoms with van der Waals surface area (Å²) in [6.07, 6.45) is 1.76. The van der Waals surface area contributed by atoms with Crippen molar-refractivity contribution < 1.29 is 19.4 Å². The number of aryl methyl sites for hydroxylation is 2. The van der Waals surface area contributed by atoms with E-state index in [4.69, 9.17) is 4.74 Å². The third-order valence-corrected chi connectivity index (χ3v) is 6.11. The van der Waals surface area contributed by atoms with Crippen LogP contribution in [0.5, 0.6) is 0 Å². The van der Waals surface area contributed by atoms with Gasteiger partial charge in [0.25, 0.3) is 0 Å². The lowest BCUT2D eigenvalue weighted by Gasteiger charge is -2.22. The van der Waals surface area contributed by atoms with Gasteiger partial charge in [-0.2, -0.15) is 0 Å². The first-order valence-electron chi connectivity index (χ1n) is 9.28. The molecule has 1 rings (SSSR count). The minimum atomic E-state index is -1.26. The van der Waals surface area contributed by atoms with Crippen LogP contribution in [-0.2, 0) is 22.4 Å². The fourth-order valence-electron chi connectivity index (χ4n) is 3.14. The van der Waals surface area contributed by atoms with Gasteiger partial charge in [-0.25, -0.2) is 4.79 Å². The van der Waals surface area contributed by atoms with Gasteiger partial charge in [-0.3, -0.25) is 4.79 Å². The predicted molar refractivity (Wildman–Crippen MR) is 109 cm³/mol. The van der Waals surface area contributed by atoms with Crippen molar-refractivity contribution in [1.29, 1.82) is 0 Å². The quantitative estimate of drug-likeness (QED) is 0.526. The molecular formula is C21H34O4Si. The molecule has 26 heavy (non-hydrogen) atoms. The van der Waals surface area contributed by atoms with E-state index in [0.717, 1.165) is 34.7 Å². The molecule has 146 valence electrons. The summed E-state index contributed by atoms with van der Waals surface area (Å²) in [6.45, 7) is 16.3. The van der Waals surface area contributed by atoms with Crippen LogP contribution in [0.1, 0.15) is 59.8 Å². The average Bonchev–Trinajstić information content (AvgIpc) is 2.40. The topological polar surface area (TPSA) is 63.6 Å². The average molecular weight is 379 g/mol. The van der Waals surface area contributed by atoms with E-state index in [1.165, 1.54) is 0 Å². The van der Waals surface area contributed by atoms with E-state index in [1.807, 2.05) is 40.7 Å². The van der Waals surface area contributed by atoms with Crippen molar-refractivity contribution in [1.82, 2.24) is 0 Å². The summed E-state index contributed by atoms with van der Waals surface area (Å²) in [4.78, 5) is 23.8. The van der Waals surface area contributed by atoms with Crippen LogP contribution in [-0.4, -0.2) is 30.7 Å². The molecule has 0 fully saturated rings. The van der Waals surface area contributed by atoms with Gasteiger partial charge in [-0.1, -0.05) is 31.8 Å². The third-order valence-electron chi connectivity index (χ3n) is 4.36. The Balaban J connectivity index is 3.16. The summed E-state index contributed by atoms with van der Waals surface area (Å²) in [6, 6.07) is 3.04. The maximum atomic E-state index is 12.1. The number of ether oxygens (including phenoxy) is 1. The number of carbonyl (C=O) groups excluding carboxylic acids is 1. The number of carboxylic acids is 1. The van der Waals surface area contributed by atoms with E-state index in [-0.39, 0.29) is 5.97 Å². The molecule has 5 heteroatoms. The molecule has 4 nitrogen and oxygen atoms in total. The molecule has 0 heterocycles. The molecule has 0 aliphatic rings. The van der Waals surface area contributed by atoms with Gasteiger partial charge in [0.05, 0.1) is 5.56 Å². The highest BCUT2D eigenvalue weighted by atomic mass is 28.3. The van der Waals surface area contributed by atoms with E-state index < -0.39 is 19.6 Å². The molecule has 0 saturated carbocycles. The highest BCUT2D eigenvalue weighted by molar-refractivity contribution is 6.76. The highest BCUT2D eigenvalue weighted by Crippen LogP contribution is 2.27. The minimum Gasteiger partial charge on any atom is -0.478 e. The normalized spacial score (nSPS) is 12.2. The lowest BCUT2D eigenvalue weighted by Crippen LogP contribution is -2.24. The monoisotopic (exact) mass is 378 g/mol. The lowest BCUT2D eigenvalue weighted by molar-refractivity contribution is -0.154. The van der Waals surface area contributed by atoms with Gasteiger partial charge in [0.2, 0.25) is 0 Å². The van der Waals surface area contributed by atoms with E-state index >= 15 is 0 Å². The van der Waals surface area contributed by atoms with Crippen LogP contribution in [0.4, 0.5) is 0 Å². The summed E-state index contributed by atoms with van der Waals surface area (Å²) < 4.78 is 5.41. The summed E-state index contributed by atoms with van der Waals surface area (Å²) >= 11 is 0. The molecule has 0 bridgehead atoms. The third kappa shape index (κ3) is 6.94. The Hall–Kier alpha value is -1.62. The molecule has 0 saturated heterocycles. The van der Waals surface area contributed by atoms with Gasteiger partial charge in [0.1, 0.15) is 5.60 Å². The zero-order valence-corrected chi connectivity index (χ0v) is 18.6. The Morgan fingerprint density at radius 2 is 1.69 bits per heavy atom. The Morgan fingerprint density at radius 3 is 2.15 bits per heavy atom. The predicted octanol–water partition coefficient (Wildman–Crippen LogP) is 5.16. The molecule has 0 aliphatic heterocycles. The van der Waals surface area contributed by atoms with Gasteiger partial charge in [0.15, 0.2) is 0 Å². The standard InChI is InChI=1S/C21H34O4Si/c1-14-13-16(9-10-18(22)25-21(3,4)5)17(11-12-26(6,7)8)15(2)19(14)20(23)24/h13H,9-12H2,1-8H3,(H,23,24). The maximum Gasteiger partial charge on any atom is 0.336 e. The zero-order valence-electron chi connectivity index (χ0n) is 17.6. The first-order valence-corrected chi connectivity index (χ1v) is 13.0. The number of hydrogen-bond donors (Lipinski definition) is 1. The van der Waals surface area contributed by atoms with Crippen molar-refractivity contribution >= 4 is 20.0 Å². The minimum absolute atomic E-state index is 0.216. The number of carbonyl (C=O) groups is 2. The maximum absolute atomic E-state index is 12.1. The van der Waals surface area contributed by atoms with Crippen molar-refractivity contribution in [2.45, 2.75) is 85.2 Å². The first kappa shape index (κ1) is 22.4. The van der Waals surface area contributed by atoms with Crippen LogP contribution < -0.4 is 0 Å². The van der Waals surface area contributed by atoms with Crippen molar-refractivity contribution in [3.63, 3.8) is 0 Å². The SMILES string of the molecule is Cc1cc(CCC(=O)OC(C)(C)C)c(CC[Si](C)(C)C)c(C)c1C(=O)O. The molecule has 1 aromatic carbocycles. The van der Waals surface area contributed by atoms with Crippen LogP contribution in [0.2, 0.25) is 25.7 Å². The van der Waals surface area contributed by atoms with E-state index in [2.05, 4.69) is 19.6 Å². The Bertz CT molecular complexity index is 679. The fourth-order valence-corrected chi connectivity index (χ4v) is 4.14. The smallest absolute Gasteiger partial charge is 0.336 e. The first-order chi connectivity index (χ1) is 11.7. The van der Waals surface area contributed by atoms with Gasteiger partial charge in [-0.15, -0.1) is 0 Å². The van der Waals surface area contributed by atoms with Crippen LogP contribution in [0.3, 0.4) is 0 Å². The van der Waals surface area contributed by atoms with E-state index in [0.29, 0.717) is 18.4 Å². The van der Waals surface area contributed by atoms with Crippen LogP contribution in [0.25, 0.3) is 0 Å². The molecule has 0 amide bonds. The molecule has 0 aliphatic carbocycles. The number of esters is 1. The lowest BCUT2D eigenvalue weighted by atomic mass is 9.89. The largest absolute Gasteiger partial charge is 0.478 e. The molecule has 0 unspecified atom stereocenters. The number of hydrogen-bond acceptors (Lipinski definition) is 3. The van der Waals surface area contributed by atoms with Crippen LogP contribution >= 0.6 is 0 Å².